The molecule has 78 valence electrons. The van der Waals surface area contributed by atoms with Gasteiger partial charge in [-0.25, -0.2) is 4.98 Å². The Balaban J connectivity index is 2.21. The zero-order chi connectivity index (χ0) is 10.2. The molecular weight excluding hydrogens is 182 g/mol. The number of aliphatic hydroxyl groups excluding tert-OH is 1. The highest BCUT2D eigenvalue weighted by atomic mass is 16.5. The SMILES string of the molecule is Nc1ncccc1NCCOCCO. The topological polar surface area (TPSA) is 80.4 Å². The molecule has 1 heterocycles. The number of nitrogens with two attached hydrogens (primary N) is 1. The fourth-order valence-corrected chi connectivity index (χ4v) is 0.991. The zero-order valence-electron chi connectivity index (χ0n) is 7.94. The fraction of sp³-hybridized carbons (Fsp3) is 0.444. The van der Waals surface area contributed by atoms with Crippen molar-refractivity contribution >= 4 is 11.5 Å². The summed E-state index contributed by atoms with van der Waals surface area (Å²) in [7, 11) is 0. The first-order valence-corrected chi connectivity index (χ1v) is 4.47. The number of nitrogens with one attached hydrogen (secondary N) is 1. The molecule has 0 spiro atoms. The predicted octanol–water partition coefficient (Wildman–Crippen LogP) is 0.0846. The highest BCUT2D eigenvalue weighted by Gasteiger charge is 1.96. The number of hydrogen-bond donors (Lipinski definition) is 3. The summed E-state index contributed by atoms with van der Waals surface area (Å²) < 4.78 is 5.07. The van der Waals surface area contributed by atoms with E-state index in [-0.39, 0.29) is 6.61 Å². The van der Waals surface area contributed by atoms with Crippen LogP contribution in [0.15, 0.2) is 18.3 Å². The predicted molar refractivity (Wildman–Crippen MR) is 55.0 cm³/mol. The van der Waals surface area contributed by atoms with E-state index < -0.39 is 0 Å². The molecule has 0 atom stereocenters. The summed E-state index contributed by atoms with van der Waals surface area (Å²) in [5.74, 6) is 0.481. The Morgan fingerprint density at radius 1 is 1.50 bits per heavy atom. The number of nitrogens with zero attached hydrogens (tertiary/aromatic N) is 1. The Morgan fingerprint density at radius 3 is 3.07 bits per heavy atom. The number of nitrogen functional groups attached to an aromatic ring is 1. The van der Waals surface area contributed by atoms with Gasteiger partial charge in [0.15, 0.2) is 0 Å². The van der Waals surface area contributed by atoms with Crippen molar-refractivity contribution in [1.82, 2.24) is 4.98 Å². The van der Waals surface area contributed by atoms with Crippen molar-refractivity contribution < 1.29 is 9.84 Å². The highest BCUT2D eigenvalue weighted by Crippen LogP contribution is 2.12. The van der Waals surface area contributed by atoms with E-state index >= 15 is 0 Å². The van der Waals surface area contributed by atoms with Crippen molar-refractivity contribution in [1.29, 1.82) is 0 Å². The maximum absolute atomic E-state index is 8.45. The molecule has 0 aliphatic carbocycles. The lowest BCUT2D eigenvalue weighted by molar-refractivity contribution is 0.0992. The maximum Gasteiger partial charge on any atom is 0.146 e. The lowest BCUT2D eigenvalue weighted by atomic mass is 10.4. The molecule has 0 aliphatic rings. The van der Waals surface area contributed by atoms with Crippen molar-refractivity contribution in [3.8, 4) is 0 Å². The largest absolute Gasteiger partial charge is 0.394 e. The average molecular weight is 197 g/mol. The van der Waals surface area contributed by atoms with Gasteiger partial charge in [-0.2, -0.15) is 0 Å². The molecule has 0 amide bonds. The van der Waals surface area contributed by atoms with Crippen LogP contribution in [-0.2, 0) is 4.74 Å². The summed E-state index contributed by atoms with van der Waals surface area (Å²) in [5, 5.41) is 11.5. The third-order valence-corrected chi connectivity index (χ3v) is 1.64. The molecule has 5 nitrogen and oxygen atoms in total. The summed E-state index contributed by atoms with van der Waals surface area (Å²) >= 11 is 0. The summed E-state index contributed by atoms with van der Waals surface area (Å²) in [5.41, 5.74) is 6.41. The highest BCUT2D eigenvalue weighted by molar-refractivity contribution is 5.60. The molecule has 5 heteroatoms. The third kappa shape index (κ3) is 3.59. The standard InChI is InChI=1S/C9H15N3O2/c10-9-8(2-1-3-12-9)11-4-6-14-7-5-13/h1-3,11,13H,4-7H2,(H2,10,12). The lowest BCUT2D eigenvalue weighted by Gasteiger charge is -2.07. The van der Waals surface area contributed by atoms with Crippen molar-refractivity contribution in [2.24, 2.45) is 0 Å². The van der Waals surface area contributed by atoms with Crippen LogP contribution < -0.4 is 11.1 Å². The summed E-state index contributed by atoms with van der Waals surface area (Å²) in [4.78, 5) is 3.93. The van der Waals surface area contributed by atoms with E-state index in [1.807, 2.05) is 12.1 Å². The fourth-order valence-electron chi connectivity index (χ4n) is 0.991. The quantitative estimate of drug-likeness (QED) is 0.563. The van der Waals surface area contributed by atoms with E-state index in [0.717, 1.165) is 5.69 Å². The number of pyridine rings is 1. The monoisotopic (exact) mass is 197 g/mol. The molecule has 0 aliphatic heterocycles. The van der Waals surface area contributed by atoms with Gasteiger partial charge in [0.25, 0.3) is 0 Å². The van der Waals surface area contributed by atoms with Crippen LogP contribution in [0.3, 0.4) is 0 Å². The van der Waals surface area contributed by atoms with Crippen LogP contribution in [0.4, 0.5) is 11.5 Å². The van der Waals surface area contributed by atoms with Gasteiger partial charge in [0.05, 0.1) is 25.5 Å². The lowest BCUT2D eigenvalue weighted by Crippen LogP contribution is -2.12. The number of hydrogen-bond acceptors (Lipinski definition) is 5. The van der Waals surface area contributed by atoms with Gasteiger partial charge in [-0.15, -0.1) is 0 Å². The molecule has 1 aromatic heterocycles. The molecule has 0 fully saturated rings. The first-order valence-electron chi connectivity index (χ1n) is 4.47. The Labute approximate surface area is 82.9 Å². The summed E-state index contributed by atoms with van der Waals surface area (Å²) in [6, 6.07) is 3.67. The molecule has 0 saturated carbocycles. The third-order valence-electron chi connectivity index (χ3n) is 1.64. The molecule has 0 bridgehead atoms. The molecular formula is C9H15N3O2. The van der Waals surface area contributed by atoms with E-state index in [9.17, 15) is 0 Å². The molecule has 0 aromatic carbocycles. The van der Waals surface area contributed by atoms with Crippen molar-refractivity contribution in [3.05, 3.63) is 18.3 Å². The van der Waals surface area contributed by atoms with E-state index in [1.54, 1.807) is 6.20 Å². The Bertz CT molecular complexity index is 268. The minimum Gasteiger partial charge on any atom is -0.394 e. The van der Waals surface area contributed by atoms with E-state index in [0.29, 0.717) is 25.6 Å². The first-order chi connectivity index (χ1) is 6.84. The number of rotatable bonds is 6. The van der Waals surface area contributed by atoms with Gasteiger partial charge in [-0.05, 0) is 12.1 Å². The van der Waals surface area contributed by atoms with Gasteiger partial charge in [0.1, 0.15) is 5.82 Å². The van der Waals surface area contributed by atoms with Gasteiger partial charge in [0.2, 0.25) is 0 Å². The molecule has 1 rings (SSSR count). The van der Waals surface area contributed by atoms with E-state index in [4.69, 9.17) is 15.6 Å². The zero-order valence-corrected chi connectivity index (χ0v) is 7.94. The number of ether oxygens (including phenoxy) is 1. The van der Waals surface area contributed by atoms with Crippen LogP contribution in [0.25, 0.3) is 0 Å². The first kappa shape index (κ1) is 10.7. The Morgan fingerprint density at radius 2 is 2.36 bits per heavy atom. The van der Waals surface area contributed by atoms with E-state index in [1.165, 1.54) is 0 Å². The second-order valence-corrected chi connectivity index (χ2v) is 2.70. The summed E-state index contributed by atoms with van der Waals surface area (Å²) in [6.07, 6.45) is 1.64. The maximum atomic E-state index is 8.45. The molecule has 0 unspecified atom stereocenters. The van der Waals surface area contributed by atoms with E-state index in [2.05, 4.69) is 10.3 Å². The van der Waals surface area contributed by atoms with Crippen molar-refractivity contribution in [3.63, 3.8) is 0 Å². The van der Waals surface area contributed by atoms with Crippen molar-refractivity contribution in [2.45, 2.75) is 0 Å². The molecule has 0 saturated heterocycles. The minimum absolute atomic E-state index is 0.0506. The van der Waals surface area contributed by atoms with Crippen LogP contribution in [0.1, 0.15) is 0 Å². The molecule has 4 N–H and O–H groups in total. The normalized spacial score (nSPS) is 10.1. The second kappa shape index (κ2) is 6.17. The minimum atomic E-state index is 0.0506. The van der Waals surface area contributed by atoms with Gasteiger partial charge in [0, 0.05) is 12.7 Å². The molecule has 1 aromatic rings. The van der Waals surface area contributed by atoms with Gasteiger partial charge >= 0.3 is 0 Å². The van der Waals surface area contributed by atoms with Crippen LogP contribution in [-0.4, -0.2) is 36.5 Å². The Hall–Kier alpha value is -1.33. The number of aromatic nitrogens is 1. The second-order valence-electron chi connectivity index (χ2n) is 2.70. The molecule has 0 radical (unpaired) electrons. The van der Waals surface area contributed by atoms with Gasteiger partial charge in [-0.1, -0.05) is 0 Å². The average Bonchev–Trinajstić information content (AvgIpc) is 2.20. The number of aliphatic hydroxyl groups is 1. The number of anilines is 2. The van der Waals surface area contributed by atoms with Crippen LogP contribution in [0.5, 0.6) is 0 Å². The molecule has 14 heavy (non-hydrogen) atoms. The van der Waals surface area contributed by atoms with Crippen LogP contribution in [0.2, 0.25) is 0 Å². The van der Waals surface area contributed by atoms with Crippen LogP contribution in [0, 0.1) is 0 Å². The van der Waals surface area contributed by atoms with Crippen molar-refractivity contribution in [2.75, 3.05) is 37.4 Å². The Kier molecular flexibility index (Phi) is 4.74. The van der Waals surface area contributed by atoms with Gasteiger partial charge in [-0.3, -0.25) is 0 Å². The summed E-state index contributed by atoms with van der Waals surface area (Å²) in [6.45, 7) is 1.60. The van der Waals surface area contributed by atoms with Crippen LogP contribution >= 0.6 is 0 Å². The van der Waals surface area contributed by atoms with Gasteiger partial charge < -0.3 is 20.9 Å². The smallest absolute Gasteiger partial charge is 0.146 e.